The molecule has 0 bridgehead atoms. The van der Waals surface area contributed by atoms with Crippen LogP contribution in [0.3, 0.4) is 0 Å². The van der Waals surface area contributed by atoms with Crippen LogP contribution in [0.2, 0.25) is 0 Å². The molecule has 12 rings (SSSR count). The Hall–Kier alpha value is -8.46. The topological polar surface area (TPSA) is 16.4 Å². The number of furan rings is 1. The molecular weight excluding hydrogens is 775 g/mol. The molecule has 0 saturated carbocycles. The number of nitrogens with zero attached hydrogens (tertiary/aromatic N) is 1. The molecule has 0 fully saturated rings. The van der Waals surface area contributed by atoms with E-state index in [4.69, 9.17) is 4.42 Å². The number of rotatable bonds is 8. The van der Waals surface area contributed by atoms with E-state index in [1.54, 1.807) is 0 Å². The summed E-state index contributed by atoms with van der Waals surface area (Å²) in [7, 11) is 0. The molecule has 1 aromatic heterocycles. The fraction of sp³-hybridized carbons (Fsp3) is 0. The van der Waals surface area contributed by atoms with Crippen LogP contribution in [0, 0.1) is 0 Å². The minimum absolute atomic E-state index is 0.883. The maximum atomic E-state index is 6.99. The highest BCUT2D eigenvalue weighted by Gasteiger charge is 2.22. The lowest BCUT2D eigenvalue weighted by Gasteiger charge is -2.29. The van der Waals surface area contributed by atoms with E-state index in [1.807, 2.05) is 0 Å². The fourth-order valence-electron chi connectivity index (χ4n) is 9.73. The second kappa shape index (κ2) is 15.8. The molecule has 0 unspecified atom stereocenters. The Labute approximate surface area is 372 Å². The monoisotopic (exact) mass is 815 g/mol. The Morgan fingerprint density at radius 1 is 0.250 bits per heavy atom. The van der Waals surface area contributed by atoms with Crippen molar-refractivity contribution in [3.63, 3.8) is 0 Å². The quantitative estimate of drug-likeness (QED) is 0.152. The molecule has 0 aliphatic heterocycles. The molecule has 0 spiro atoms. The van der Waals surface area contributed by atoms with E-state index in [0.29, 0.717) is 0 Å². The summed E-state index contributed by atoms with van der Waals surface area (Å²) in [5.41, 5.74) is 16.3. The van der Waals surface area contributed by atoms with Crippen LogP contribution in [0.25, 0.3) is 99.1 Å². The molecule has 0 aliphatic rings. The molecule has 2 heteroatoms. The Kier molecular flexibility index (Phi) is 9.20. The van der Waals surface area contributed by atoms with Gasteiger partial charge < -0.3 is 9.32 Å². The molecule has 300 valence electrons. The zero-order valence-corrected chi connectivity index (χ0v) is 35.0. The second-order valence-electron chi connectivity index (χ2n) is 16.4. The van der Waals surface area contributed by atoms with Gasteiger partial charge in [-0.15, -0.1) is 0 Å². The van der Waals surface area contributed by atoms with Crippen molar-refractivity contribution < 1.29 is 4.42 Å². The van der Waals surface area contributed by atoms with Gasteiger partial charge in [-0.1, -0.05) is 218 Å². The van der Waals surface area contributed by atoms with Crippen molar-refractivity contribution in [2.75, 3.05) is 4.90 Å². The number of anilines is 3. The SMILES string of the molecule is c1ccc(-c2cccc3c2oc2c(-c4ccccc4-c4ccccc4N(c4cccc(-c5cccc6ccccc56)c4)c4cccc(-c5cccc6ccccc56)c4)cccc23)cc1. The van der Waals surface area contributed by atoms with Crippen LogP contribution in [-0.4, -0.2) is 0 Å². The van der Waals surface area contributed by atoms with Crippen molar-refractivity contribution in [1.29, 1.82) is 0 Å². The van der Waals surface area contributed by atoms with Gasteiger partial charge in [0.05, 0.1) is 5.69 Å². The minimum Gasteiger partial charge on any atom is -0.455 e. The highest BCUT2D eigenvalue weighted by atomic mass is 16.3. The predicted octanol–water partition coefficient (Wildman–Crippen LogP) is 17.7. The van der Waals surface area contributed by atoms with Gasteiger partial charge in [0.2, 0.25) is 0 Å². The van der Waals surface area contributed by atoms with E-state index in [-0.39, 0.29) is 0 Å². The summed E-state index contributed by atoms with van der Waals surface area (Å²) in [5, 5.41) is 7.13. The van der Waals surface area contributed by atoms with Gasteiger partial charge in [0.25, 0.3) is 0 Å². The first kappa shape index (κ1) is 37.3. The zero-order valence-electron chi connectivity index (χ0n) is 35.0. The summed E-state index contributed by atoms with van der Waals surface area (Å²) in [6.07, 6.45) is 0. The standard InChI is InChI=1S/C62H41NO/c1-2-18-44(19-3-1)53-35-16-37-58-59-38-17-36-57(62(59)64-61(53)58)55-31-9-8-30-54(55)56-32-10-11-39-60(56)63(47-26-12-24-45(40-47)51-33-14-22-42-20-4-6-28-49(42)51)48-27-13-25-46(41-48)52-34-15-23-43-21-5-7-29-50(43)52/h1-41H. The van der Waals surface area contributed by atoms with E-state index in [1.165, 1.54) is 32.7 Å². The predicted molar refractivity (Wildman–Crippen MR) is 271 cm³/mol. The molecule has 0 saturated heterocycles. The highest BCUT2D eigenvalue weighted by molar-refractivity contribution is 6.14. The van der Waals surface area contributed by atoms with Crippen LogP contribution in [-0.2, 0) is 0 Å². The molecule has 0 atom stereocenters. The van der Waals surface area contributed by atoms with E-state index in [2.05, 4.69) is 254 Å². The smallest absolute Gasteiger partial charge is 0.143 e. The lowest BCUT2D eigenvalue weighted by atomic mass is 9.91. The summed E-state index contributed by atoms with van der Waals surface area (Å²) < 4.78 is 6.99. The summed E-state index contributed by atoms with van der Waals surface area (Å²) in [6, 6.07) is 89.6. The van der Waals surface area contributed by atoms with E-state index in [9.17, 15) is 0 Å². The maximum absolute atomic E-state index is 6.99. The fourth-order valence-corrected chi connectivity index (χ4v) is 9.73. The first-order valence-corrected chi connectivity index (χ1v) is 21.9. The highest BCUT2D eigenvalue weighted by Crippen LogP contribution is 2.47. The number of benzene rings is 11. The van der Waals surface area contributed by atoms with E-state index < -0.39 is 0 Å². The van der Waals surface area contributed by atoms with Crippen molar-refractivity contribution in [3.05, 3.63) is 249 Å². The third-order valence-corrected chi connectivity index (χ3v) is 12.7. The van der Waals surface area contributed by atoms with Crippen LogP contribution in [0.5, 0.6) is 0 Å². The number of para-hydroxylation sites is 3. The Balaban J connectivity index is 1.07. The molecule has 0 N–H and O–H groups in total. The molecule has 11 aromatic carbocycles. The average Bonchev–Trinajstić information content (AvgIpc) is 3.76. The molecular formula is C62H41NO. The lowest BCUT2D eigenvalue weighted by Crippen LogP contribution is -2.11. The zero-order chi connectivity index (χ0) is 42.4. The average molecular weight is 816 g/mol. The van der Waals surface area contributed by atoms with Gasteiger partial charge in [0, 0.05) is 38.8 Å². The first-order valence-electron chi connectivity index (χ1n) is 21.9. The third-order valence-electron chi connectivity index (χ3n) is 12.7. The second-order valence-corrected chi connectivity index (χ2v) is 16.4. The van der Waals surface area contributed by atoms with Crippen molar-refractivity contribution in [2.24, 2.45) is 0 Å². The number of fused-ring (bicyclic) bond motifs is 5. The summed E-state index contributed by atoms with van der Waals surface area (Å²) >= 11 is 0. The van der Waals surface area contributed by atoms with Gasteiger partial charge >= 0.3 is 0 Å². The first-order chi connectivity index (χ1) is 31.8. The Morgan fingerprint density at radius 3 is 1.27 bits per heavy atom. The molecule has 0 aliphatic carbocycles. The van der Waals surface area contributed by atoms with Crippen molar-refractivity contribution in [1.82, 2.24) is 0 Å². The normalized spacial score (nSPS) is 11.4. The summed E-state index contributed by atoms with van der Waals surface area (Å²) in [5.74, 6) is 0. The Bertz CT molecular complexity index is 3560. The van der Waals surface area contributed by atoms with E-state index >= 15 is 0 Å². The third kappa shape index (κ3) is 6.44. The molecule has 0 amide bonds. The van der Waals surface area contributed by atoms with Gasteiger partial charge in [-0.2, -0.15) is 0 Å². The van der Waals surface area contributed by atoms with Gasteiger partial charge in [-0.05, 0) is 90.8 Å². The van der Waals surface area contributed by atoms with Gasteiger partial charge in [0.15, 0.2) is 0 Å². The van der Waals surface area contributed by atoms with Crippen LogP contribution in [0.1, 0.15) is 0 Å². The Morgan fingerprint density at radius 2 is 0.641 bits per heavy atom. The molecule has 0 radical (unpaired) electrons. The summed E-state index contributed by atoms with van der Waals surface area (Å²) in [4.78, 5) is 2.43. The summed E-state index contributed by atoms with van der Waals surface area (Å²) in [6.45, 7) is 0. The van der Waals surface area contributed by atoms with Crippen molar-refractivity contribution in [3.8, 4) is 55.6 Å². The van der Waals surface area contributed by atoms with Crippen molar-refractivity contribution >= 4 is 60.5 Å². The molecule has 64 heavy (non-hydrogen) atoms. The van der Waals surface area contributed by atoms with Crippen LogP contribution >= 0.6 is 0 Å². The van der Waals surface area contributed by atoms with Gasteiger partial charge in [-0.3, -0.25) is 0 Å². The number of hydrogen-bond acceptors (Lipinski definition) is 2. The largest absolute Gasteiger partial charge is 0.455 e. The van der Waals surface area contributed by atoms with Crippen molar-refractivity contribution in [2.45, 2.75) is 0 Å². The lowest BCUT2D eigenvalue weighted by molar-refractivity contribution is 0.671. The maximum Gasteiger partial charge on any atom is 0.143 e. The molecule has 2 nitrogen and oxygen atoms in total. The van der Waals surface area contributed by atoms with Crippen LogP contribution in [0.15, 0.2) is 253 Å². The molecule has 12 aromatic rings. The van der Waals surface area contributed by atoms with Gasteiger partial charge in [-0.25, -0.2) is 0 Å². The van der Waals surface area contributed by atoms with E-state index in [0.717, 1.165) is 83.5 Å². The van der Waals surface area contributed by atoms with Crippen LogP contribution < -0.4 is 4.90 Å². The molecule has 1 heterocycles. The minimum atomic E-state index is 0.883. The van der Waals surface area contributed by atoms with Crippen LogP contribution in [0.4, 0.5) is 17.1 Å². The van der Waals surface area contributed by atoms with Gasteiger partial charge in [0.1, 0.15) is 11.2 Å². The number of hydrogen-bond donors (Lipinski definition) is 0.